The van der Waals surface area contributed by atoms with Gasteiger partial charge in [0.1, 0.15) is 11.9 Å². The van der Waals surface area contributed by atoms with E-state index in [9.17, 15) is 5.11 Å². The number of aryl methyl sites for hydroxylation is 2. The molecule has 1 N–H and O–H groups in total. The molecule has 1 unspecified atom stereocenters. The summed E-state index contributed by atoms with van der Waals surface area (Å²) in [7, 11) is 1.65. The van der Waals surface area contributed by atoms with Crippen LogP contribution in [0.15, 0.2) is 42.5 Å². The molecule has 1 atom stereocenters. The number of hydrogen-bond donors (Lipinski definition) is 1. The van der Waals surface area contributed by atoms with Gasteiger partial charge in [0.2, 0.25) is 0 Å². The van der Waals surface area contributed by atoms with Crippen molar-refractivity contribution >= 4 is 0 Å². The molecule has 2 heteroatoms. The Labute approximate surface area is 120 Å². The molecule has 104 valence electrons. The Bertz CT molecular complexity index is 587. The molecule has 0 amide bonds. The van der Waals surface area contributed by atoms with E-state index >= 15 is 0 Å². The molecule has 0 saturated heterocycles. The smallest absolute Gasteiger partial charge is 0.118 e. The first-order valence-corrected chi connectivity index (χ1v) is 7.21. The summed E-state index contributed by atoms with van der Waals surface area (Å²) in [5.74, 6) is 0.811. The van der Waals surface area contributed by atoms with Crippen LogP contribution in [0.1, 0.15) is 41.2 Å². The Balaban J connectivity index is 1.87. The molecule has 0 saturated carbocycles. The topological polar surface area (TPSA) is 29.5 Å². The van der Waals surface area contributed by atoms with Gasteiger partial charge in [-0.05, 0) is 60.1 Å². The van der Waals surface area contributed by atoms with Crippen molar-refractivity contribution in [2.24, 2.45) is 0 Å². The first-order chi connectivity index (χ1) is 9.78. The second kappa shape index (κ2) is 5.68. The van der Waals surface area contributed by atoms with Gasteiger partial charge in [-0.3, -0.25) is 0 Å². The van der Waals surface area contributed by atoms with Gasteiger partial charge < -0.3 is 9.84 Å². The van der Waals surface area contributed by atoms with E-state index in [1.165, 1.54) is 30.4 Å². The average molecular weight is 268 g/mol. The van der Waals surface area contributed by atoms with Crippen LogP contribution in [0.5, 0.6) is 5.75 Å². The van der Waals surface area contributed by atoms with Crippen LogP contribution in [0.2, 0.25) is 0 Å². The van der Waals surface area contributed by atoms with Crippen molar-refractivity contribution in [2.45, 2.75) is 31.8 Å². The second-order valence-corrected chi connectivity index (χ2v) is 5.41. The standard InChI is InChI=1S/C18H20O2/c1-20-17-10-8-14(9-11-17)18(19)16-7-6-13-4-2-3-5-15(13)12-16/h6-12,18-19H,2-5H2,1H3. The van der Waals surface area contributed by atoms with Crippen LogP contribution in [-0.2, 0) is 12.8 Å². The minimum atomic E-state index is -0.562. The minimum Gasteiger partial charge on any atom is -0.497 e. The number of benzene rings is 2. The molecule has 3 rings (SSSR count). The van der Waals surface area contributed by atoms with Crippen LogP contribution in [0.25, 0.3) is 0 Å². The lowest BCUT2D eigenvalue weighted by molar-refractivity contribution is 0.220. The highest BCUT2D eigenvalue weighted by Gasteiger charge is 2.14. The molecule has 20 heavy (non-hydrogen) atoms. The van der Waals surface area contributed by atoms with Gasteiger partial charge in [-0.2, -0.15) is 0 Å². The predicted molar refractivity (Wildman–Crippen MR) is 80.1 cm³/mol. The van der Waals surface area contributed by atoms with E-state index in [-0.39, 0.29) is 0 Å². The summed E-state index contributed by atoms with van der Waals surface area (Å²) < 4.78 is 5.15. The van der Waals surface area contributed by atoms with Crippen molar-refractivity contribution in [1.29, 1.82) is 0 Å². The van der Waals surface area contributed by atoms with Crippen LogP contribution in [-0.4, -0.2) is 12.2 Å². The SMILES string of the molecule is COc1ccc(C(O)c2ccc3c(c2)CCCC3)cc1. The molecule has 1 aliphatic carbocycles. The Kier molecular flexibility index (Phi) is 3.75. The Morgan fingerprint density at radius 1 is 0.900 bits per heavy atom. The van der Waals surface area contributed by atoms with Gasteiger partial charge in [0, 0.05) is 0 Å². The predicted octanol–water partition coefficient (Wildman–Crippen LogP) is 3.66. The van der Waals surface area contributed by atoms with Crippen molar-refractivity contribution < 1.29 is 9.84 Å². The summed E-state index contributed by atoms with van der Waals surface area (Å²) in [5.41, 5.74) is 4.74. The fraction of sp³-hybridized carbons (Fsp3) is 0.333. The summed E-state index contributed by atoms with van der Waals surface area (Å²) in [6.45, 7) is 0. The first kappa shape index (κ1) is 13.2. The van der Waals surface area contributed by atoms with Gasteiger partial charge in [-0.1, -0.05) is 30.3 Å². The Morgan fingerprint density at radius 2 is 1.55 bits per heavy atom. The van der Waals surface area contributed by atoms with Gasteiger partial charge in [-0.15, -0.1) is 0 Å². The normalized spacial score (nSPS) is 15.5. The zero-order chi connectivity index (χ0) is 13.9. The van der Waals surface area contributed by atoms with Gasteiger partial charge in [0.05, 0.1) is 7.11 Å². The van der Waals surface area contributed by atoms with Crippen LogP contribution < -0.4 is 4.74 Å². The number of rotatable bonds is 3. The second-order valence-electron chi connectivity index (χ2n) is 5.41. The number of hydrogen-bond acceptors (Lipinski definition) is 2. The molecule has 0 aliphatic heterocycles. The molecule has 2 nitrogen and oxygen atoms in total. The molecule has 2 aromatic carbocycles. The molecule has 0 radical (unpaired) electrons. The molecule has 0 bridgehead atoms. The maximum Gasteiger partial charge on any atom is 0.118 e. The Morgan fingerprint density at radius 3 is 2.25 bits per heavy atom. The summed E-state index contributed by atoms with van der Waals surface area (Å²) in [6, 6.07) is 14.0. The largest absolute Gasteiger partial charge is 0.497 e. The van der Waals surface area contributed by atoms with Crippen molar-refractivity contribution in [2.75, 3.05) is 7.11 Å². The molecule has 1 aliphatic rings. The van der Waals surface area contributed by atoms with E-state index < -0.39 is 6.10 Å². The van der Waals surface area contributed by atoms with E-state index in [0.717, 1.165) is 23.3 Å². The van der Waals surface area contributed by atoms with Crippen LogP contribution in [0.3, 0.4) is 0 Å². The van der Waals surface area contributed by atoms with Gasteiger partial charge in [-0.25, -0.2) is 0 Å². The average Bonchev–Trinajstić information content (AvgIpc) is 2.54. The third-order valence-corrected chi connectivity index (χ3v) is 4.12. The number of ether oxygens (including phenoxy) is 1. The van der Waals surface area contributed by atoms with E-state index in [2.05, 4.69) is 18.2 Å². The molecule has 2 aromatic rings. The van der Waals surface area contributed by atoms with Crippen LogP contribution in [0.4, 0.5) is 0 Å². The maximum absolute atomic E-state index is 10.5. The lowest BCUT2D eigenvalue weighted by Gasteiger charge is -2.19. The van der Waals surface area contributed by atoms with E-state index in [0.29, 0.717) is 0 Å². The van der Waals surface area contributed by atoms with E-state index in [1.807, 2.05) is 24.3 Å². The monoisotopic (exact) mass is 268 g/mol. The van der Waals surface area contributed by atoms with Gasteiger partial charge >= 0.3 is 0 Å². The highest BCUT2D eigenvalue weighted by Crippen LogP contribution is 2.28. The molecule has 0 spiro atoms. The molecular weight excluding hydrogens is 248 g/mol. The van der Waals surface area contributed by atoms with Gasteiger partial charge in [0.25, 0.3) is 0 Å². The van der Waals surface area contributed by atoms with Crippen molar-refractivity contribution in [3.8, 4) is 5.75 Å². The number of aliphatic hydroxyl groups excluding tert-OH is 1. The fourth-order valence-corrected chi connectivity index (χ4v) is 2.90. The lowest BCUT2D eigenvalue weighted by atomic mass is 9.88. The zero-order valence-corrected chi connectivity index (χ0v) is 11.8. The first-order valence-electron chi connectivity index (χ1n) is 7.21. The number of aliphatic hydroxyl groups is 1. The molecule has 0 heterocycles. The summed E-state index contributed by atoms with van der Waals surface area (Å²) in [4.78, 5) is 0. The summed E-state index contributed by atoms with van der Waals surface area (Å²) in [6.07, 6.45) is 4.29. The van der Waals surface area contributed by atoms with E-state index in [1.54, 1.807) is 7.11 Å². The third-order valence-electron chi connectivity index (χ3n) is 4.12. The zero-order valence-electron chi connectivity index (χ0n) is 11.8. The maximum atomic E-state index is 10.5. The molecule has 0 fully saturated rings. The number of fused-ring (bicyclic) bond motifs is 1. The molecular formula is C18H20O2. The highest BCUT2D eigenvalue weighted by atomic mass is 16.5. The lowest BCUT2D eigenvalue weighted by Crippen LogP contribution is -2.06. The Hall–Kier alpha value is -1.80. The summed E-state index contributed by atoms with van der Waals surface area (Å²) >= 11 is 0. The van der Waals surface area contributed by atoms with Crippen LogP contribution in [0, 0.1) is 0 Å². The van der Waals surface area contributed by atoms with Crippen molar-refractivity contribution in [3.05, 3.63) is 64.7 Å². The number of methoxy groups -OCH3 is 1. The fourth-order valence-electron chi connectivity index (χ4n) is 2.90. The van der Waals surface area contributed by atoms with Crippen molar-refractivity contribution in [3.63, 3.8) is 0 Å². The van der Waals surface area contributed by atoms with Crippen molar-refractivity contribution in [1.82, 2.24) is 0 Å². The van der Waals surface area contributed by atoms with Crippen LogP contribution >= 0.6 is 0 Å². The summed E-state index contributed by atoms with van der Waals surface area (Å²) in [5, 5.41) is 10.5. The van der Waals surface area contributed by atoms with Gasteiger partial charge in [0.15, 0.2) is 0 Å². The highest BCUT2D eigenvalue weighted by molar-refractivity contribution is 5.39. The third kappa shape index (κ3) is 2.56. The molecule has 0 aromatic heterocycles. The minimum absolute atomic E-state index is 0.562. The quantitative estimate of drug-likeness (QED) is 0.920. The van der Waals surface area contributed by atoms with E-state index in [4.69, 9.17) is 4.74 Å².